The Labute approximate surface area is 162 Å². The van der Waals surface area contributed by atoms with Gasteiger partial charge in [0.05, 0.1) is 4.47 Å². The first kappa shape index (κ1) is 19.7. The van der Waals surface area contributed by atoms with Gasteiger partial charge >= 0.3 is 12.2 Å². The smallest absolute Gasteiger partial charge is 0.410 e. The number of anilines is 1. The predicted molar refractivity (Wildman–Crippen MR) is 97.1 cm³/mol. The van der Waals surface area contributed by atoms with Crippen LogP contribution in [0.25, 0.3) is 10.9 Å². The number of hydrogen-bond acceptors (Lipinski definition) is 5. The van der Waals surface area contributed by atoms with Crippen LogP contribution < -0.4 is 4.90 Å². The topological polar surface area (TPSA) is 58.6 Å². The third-order valence-electron chi connectivity index (χ3n) is 4.01. The molecule has 1 aliphatic heterocycles. The van der Waals surface area contributed by atoms with Crippen LogP contribution in [0.5, 0.6) is 0 Å². The second-order valence-electron chi connectivity index (χ2n) is 7.15. The van der Waals surface area contributed by atoms with Crippen molar-refractivity contribution in [2.45, 2.75) is 26.4 Å². The van der Waals surface area contributed by atoms with Crippen molar-refractivity contribution in [1.82, 2.24) is 14.9 Å². The molecular formula is C17H18BrF3N4O2. The van der Waals surface area contributed by atoms with E-state index in [1.54, 1.807) is 25.7 Å². The fourth-order valence-corrected chi connectivity index (χ4v) is 3.10. The summed E-state index contributed by atoms with van der Waals surface area (Å²) < 4.78 is 47.0. The van der Waals surface area contributed by atoms with Gasteiger partial charge in [0.2, 0.25) is 0 Å². The molecule has 0 unspecified atom stereocenters. The minimum atomic E-state index is -1.11. The van der Waals surface area contributed by atoms with Gasteiger partial charge in [-0.25, -0.2) is 13.6 Å². The van der Waals surface area contributed by atoms with E-state index in [1.165, 1.54) is 4.90 Å². The molecule has 10 heteroatoms. The first-order valence-corrected chi connectivity index (χ1v) is 9.10. The van der Waals surface area contributed by atoms with Crippen LogP contribution in [0.15, 0.2) is 10.5 Å². The van der Waals surface area contributed by atoms with Crippen LogP contribution in [0.1, 0.15) is 20.8 Å². The standard InChI is InChI=1S/C17H18BrF3N4O2/c1-17(2,3)27-16(26)25-6-4-24(5-7-25)14-9-8-10(19)11(18)12(20)13(9)22-15(21)23-14/h8H,4-7H2,1-3H3. The Morgan fingerprint density at radius 3 is 2.37 bits per heavy atom. The van der Waals surface area contributed by atoms with Crippen molar-refractivity contribution in [3.8, 4) is 0 Å². The average Bonchev–Trinajstić information content (AvgIpc) is 2.59. The van der Waals surface area contributed by atoms with Crippen LogP contribution in [-0.2, 0) is 4.74 Å². The van der Waals surface area contributed by atoms with Crippen LogP contribution in [0.3, 0.4) is 0 Å². The summed E-state index contributed by atoms with van der Waals surface area (Å²) in [5.74, 6) is -1.73. The highest BCUT2D eigenvalue weighted by molar-refractivity contribution is 9.10. The van der Waals surface area contributed by atoms with Crippen molar-refractivity contribution in [3.63, 3.8) is 0 Å². The lowest BCUT2D eigenvalue weighted by molar-refractivity contribution is 0.0240. The lowest BCUT2D eigenvalue weighted by Gasteiger charge is -2.36. The molecular weight excluding hydrogens is 429 g/mol. The van der Waals surface area contributed by atoms with Gasteiger partial charge in [-0.15, -0.1) is 0 Å². The van der Waals surface area contributed by atoms with Crippen molar-refractivity contribution in [3.05, 3.63) is 28.3 Å². The van der Waals surface area contributed by atoms with E-state index < -0.39 is 33.9 Å². The molecule has 1 amide bonds. The number of amides is 1. The minimum Gasteiger partial charge on any atom is -0.444 e. The van der Waals surface area contributed by atoms with Gasteiger partial charge in [-0.05, 0) is 42.8 Å². The molecule has 0 aliphatic carbocycles. The van der Waals surface area contributed by atoms with E-state index in [4.69, 9.17) is 4.74 Å². The van der Waals surface area contributed by atoms with Gasteiger partial charge in [0.15, 0.2) is 5.82 Å². The Kier molecular flexibility index (Phi) is 5.20. The number of aromatic nitrogens is 2. The van der Waals surface area contributed by atoms with E-state index in [2.05, 4.69) is 25.9 Å². The van der Waals surface area contributed by atoms with Crippen LogP contribution in [0, 0.1) is 17.7 Å². The zero-order chi connectivity index (χ0) is 19.9. The number of halogens is 4. The van der Waals surface area contributed by atoms with Crippen molar-refractivity contribution < 1.29 is 22.7 Å². The maximum atomic E-state index is 14.3. The monoisotopic (exact) mass is 446 g/mol. The minimum absolute atomic E-state index is 0.0697. The van der Waals surface area contributed by atoms with Crippen molar-refractivity contribution >= 4 is 38.7 Å². The molecule has 3 rings (SSSR count). The molecule has 6 nitrogen and oxygen atoms in total. The average molecular weight is 447 g/mol. The molecule has 1 aromatic carbocycles. The molecule has 146 valence electrons. The lowest BCUT2D eigenvalue weighted by atomic mass is 10.2. The number of ether oxygens (including phenoxy) is 1. The molecule has 0 bridgehead atoms. The summed E-state index contributed by atoms with van der Waals surface area (Å²) in [6.45, 7) is 6.57. The summed E-state index contributed by atoms with van der Waals surface area (Å²) >= 11 is 2.79. The zero-order valence-corrected chi connectivity index (χ0v) is 16.6. The van der Waals surface area contributed by atoms with E-state index in [9.17, 15) is 18.0 Å². The summed E-state index contributed by atoms with van der Waals surface area (Å²) in [4.78, 5) is 22.5. The zero-order valence-electron chi connectivity index (χ0n) is 15.0. The van der Waals surface area contributed by atoms with Gasteiger partial charge in [0, 0.05) is 31.6 Å². The molecule has 0 N–H and O–H groups in total. The second kappa shape index (κ2) is 7.14. The molecule has 0 radical (unpaired) electrons. The Bertz CT molecular complexity index is 896. The Morgan fingerprint density at radius 1 is 1.15 bits per heavy atom. The van der Waals surface area contributed by atoms with Crippen LogP contribution in [-0.4, -0.2) is 52.7 Å². The van der Waals surface area contributed by atoms with E-state index in [0.29, 0.717) is 26.2 Å². The maximum absolute atomic E-state index is 14.3. The van der Waals surface area contributed by atoms with Crippen molar-refractivity contribution in [1.29, 1.82) is 0 Å². The molecule has 1 aliphatic rings. The normalized spacial score (nSPS) is 15.4. The lowest BCUT2D eigenvalue weighted by Crippen LogP contribution is -2.50. The molecule has 1 fully saturated rings. The molecule has 27 heavy (non-hydrogen) atoms. The van der Waals surface area contributed by atoms with Gasteiger partial charge in [-0.2, -0.15) is 14.4 Å². The highest BCUT2D eigenvalue weighted by Gasteiger charge is 2.28. The van der Waals surface area contributed by atoms with Gasteiger partial charge in [-0.3, -0.25) is 0 Å². The van der Waals surface area contributed by atoms with E-state index in [-0.39, 0.29) is 16.7 Å². The summed E-state index contributed by atoms with van der Waals surface area (Å²) in [7, 11) is 0. The second-order valence-corrected chi connectivity index (χ2v) is 7.95. The molecule has 0 atom stereocenters. The molecule has 2 heterocycles. The summed E-state index contributed by atoms with van der Waals surface area (Å²) in [5.41, 5.74) is -0.914. The quantitative estimate of drug-likeness (QED) is 0.491. The Balaban J connectivity index is 1.86. The number of carbonyl (C=O) groups excluding carboxylic acids is 1. The summed E-state index contributed by atoms with van der Waals surface area (Å²) in [6, 6.07) is 1.07. The molecule has 1 aromatic heterocycles. The molecule has 2 aromatic rings. The van der Waals surface area contributed by atoms with E-state index in [0.717, 1.165) is 6.07 Å². The first-order valence-electron chi connectivity index (χ1n) is 8.30. The number of nitrogens with zero attached hydrogens (tertiary/aromatic N) is 4. The van der Waals surface area contributed by atoms with E-state index >= 15 is 0 Å². The largest absolute Gasteiger partial charge is 0.444 e. The molecule has 0 spiro atoms. The number of benzene rings is 1. The number of rotatable bonds is 1. The van der Waals surface area contributed by atoms with E-state index in [1.807, 2.05) is 0 Å². The van der Waals surface area contributed by atoms with Crippen LogP contribution in [0.4, 0.5) is 23.8 Å². The van der Waals surface area contributed by atoms with Gasteiger partial charge < -0.3 is 14.5 Å². The third kappa shape index (κ3) is 4.10. The van der Waals surface area contributed by atoms with Crippen molar-refractivity contribution in [2.75, 3.05) is 31.1 Å². The fourth-order valence-electron chi connectivity index (χ4n) is 2.80. The highest BCUT2D eigenvalue weighted by Crippen LogP contribution is 2.32. The third-order valence-corrected chi connectivity index (χ3v) is 4.74. The molecule has 1 saturated heterocycles. The van der Waals surface area contributed by atoms with Crippen LogP contribution >= 0.6 is 15.9 Å². The van der Waals surface area contributed by atoms with Crippen molar-refractivity contribution in [2.24, 2.45) is 0 Å². The number of fused-ring (bicyclic) bond motifs is 1. The molecule has 0 saturated carbocycles. The number of carbonyl (C=O) groups is 1. The van der Waals surface area contributed by atoms with Gasteiger partial charge in [0.1, 0.15) is 22.8 Å². The van der Waals surface area contributed by atoms with Gasteiger partial charge in [-0.1, -0.05) is 0 Å². The number of piperazine rings is 1. The summed E-state index contributed by atoms with van der Waals surface area (Å²) in [6.07, 6.45) is -1.55. The van der Waals surface area contributed by atoms with Gasteiger partial charge in [0.25, 0.3) is 0 Å². The highest BCUT2D eigenvalue weighted by atomic mass is 79.9. The maximum Gasteiger partial charge on any atom is 0.410 e. The fraction of sp³-hybridized carbons (Fsp3) is 0.471. The Hall–Kier alpha value is -2.10. The summed E-state index contributed by atoms with van der Waals surface area (Å²) in [5, 5.41) is 0.0697. The predicted octanol–water partition coefficient (Wildman–Crippen LogP) is 3.87. The SMILES string of the molecule is CC(C)(C)OC(=O)N1CCN(c2nc(F)nc3c(F)c(Br)c(F)cc23)CC1. The first-order chi connectivity index (χ1) is 12.6. The Morgan fingerprint density at radius 2 is 1.78 bits per heavy atom. The number of hydrogen-bond donors (Lipinski definition) is 0. The van der Waals surface area contributed by atoms with Crippen LogP contribution in [0.2, 0.25) is 0 Å².